The van der Waals surface area contributed by atoms with E-state index < -0.39 is 0 Å². The Balaban J connectivity index is 3.17. The maximum Gasteiger partial charge on any atom is 0.255 e. The summed E-state index contributed by atoms with van der Waals surface area (Å²) >= 11 is 0. The number of benzene rings is 1. The summed E-state index contributed by atoms with van der Waals surface area (Å²) in [6, 6.07) is 5.92. The van der Waals surface area contributed by atoms with Crippen LogP contribution in [0.15, 0.2) is 18.2 Å². The molecule has 1 atom stereocenters. The summed E-state index contributed by atoms with van der Waals surface area (Å²) in [4.78, 5) is 14.4. The summed E-state index contributed by atoms with van der Waals surface area (Å²) in [6.45, 7) is 8.55. The molecule has 0 aliphatic heterocycles. The molecule has 3 heteroatoms. The maximum atomic E-state index is 12.7. The van der Waals surface area contributed by atoms with E-state index in [9.17, 15) is 4.79 Å². The van der Waals surface area contributed by atoms with Gasteiger partial charge in [-0.25, -0.2) is 0 Å². The van der Waals surface area contributed by atoms with Gasteiger partial charge in [-0.05, 0) is 31.9 Å². The van der Waals surface area contributed by atoms with Crippen molar-refractivity contribution in [1.82, 2.24) is 4.90 Å². The fourth-order valence-electron chi connectivity index (χ4n) is 1.91. The molecule has 0 saturated carbocycles. The molecule has 0 aliphatic carbocycles. The van der Waals surface area contributed by atoms with Gasteiger partial charge >= 0.3 is 0 Å². The first kappa shape index (κ1) is 16.3. The van der Waals surface area contributed by atoms with Crippen LogP contribution in [0.5, 0.6) is 0 Å². The maximum absolute atomic E-state index is 12.7. The zero-order chi connectivity index (χ0) is 15.3. The molecule has 1 aromatic rings. The zero-order valence-corrected chi connectivity index (χ0v) is 13.0. The average molecular weight is 272 g/mol. The molecule has 1 amide bonds. The van der Waals surface area contributed by atoms with Gasteiger partial charge in [0.2, 0.25) is 0 Å². The van der Waals surface area contributed by atoms with Crippen molar-refractivity contribution in [2.24, 2.45) is 11.7 Å². The van der Waals surface area contributed by atoms with Crippen molar-refractivity contribution in [3.05, 3.63) is 34.9 Å². The Morgan fingerprint density at radius 3 is 2.55 bits per heavy atom. The highest BCUT2D eigenvalue weighted by Crippen LogP contribution is 2.17. The quantitative estimate of drug-likeness (QED) is 0.859. The standard InChI is InChI=1S/C17H24N2O/c1-12(2)14(4)19(5)17(20)16-11-13(3)8-9-15(16)7-6-10-18/h8-9,11-12,14H,10,18H2,1-5H3. The molecule has 0 fully saturated rings. The highest BCUT2D eigenvalue weighted by molar-refractivity contribution is 5.97. The predicted molar refractivity (Wildman–Crippen MR) is 83.5 cm³/mol. The summed E-state index contributed by atoms with van der Waals surface area (Å²) in [5.74, 6) is 6.22. The average Bonchev–Trinajstić information content (AvgIpc) is 2.43. The van der Waals surface area contributed by atoms with Gasteiger partial charge in [-0.3, -0.25) is 4.79 Å². The van der Waals surface area contributed by atoms with Gasteiger partial charge in [0.25, 0.3) is 5.91 Å². The smallest absolute Gasteiger partial charge is 0.255 e. The number of hydrogen-bond donors (Lipinski definition) is 1. The van der Waals surface area contributed by atoms with Crippen LogP contribution in [-0.4, -0.2) is 30.4 Å². The number of aryl methyl sites for hydroxylation is 1. The summed E-state index contributed by atoms with van der Waals surface area (Å²) in [6.07, 6.45) is 0. The summed E-state index contributed by atoms with van der Waals surface area (Å²) in [5.41, 5.74) is 7.86. The van der Waals surface area contributed by atoms with Crippen LogP contribution in [0.25, 0.3) is 0 Å². The number of rotatable bonds is 3. The molecule has 1 unspecified atom stereocenters. The van der Waals surface area contributed by atoms with Gasteiger partial charge in [0, 0.05) is 18.7 Å². The Morgan fingerprint density at radius 1 is 1.35 bits per heavy atom. The van der Waals surface area contributed by atoms with Gasteiger partial charge in [-0.15, -0.1) is 0 Å². The lowest BCUT2D eigenvalue weighted by Crippen LogP contribution is -2.38. The second-order valence-corrected chi connectivity index (χ2v) is 5.46. The third kappa shape index (κ3) is 3.85. The summed E-state index contributed by atoms with van der Waals surface area (Å²) in [5, 5.41) is 0. The van der Waals surface area contributed by atoms with Gasteiger partial charge in [-0.1, -0.05) is 37.3 Å². The molecular weight excluding hydrogens is 248 g/mol. The number of amides is 1. The van der Waals surface area contributed by atoms with E-state index in [0.717, 1.165) is 11.1 Å². The topological polar surface area (TPSA) is 46.3 Å². The van der Waals surface area contributed by atoms with Crippen LogP contribution >= 0.6 is 0 Å². The largest absolute Gasteiger partial charge is 0.339 e. The lowest BCUT2D eigenvalue weighted by molar-refractivity contribution is 0.0707. The van der Waals surface area contributed by atoms with E-state index >= 15 is 0 Å². The van der Waals surface area contributed by atoms with E-state index in [2.05, 4.69) is 32.6 Å². The molecule has 0 heterocycles. The molecule has 108 valence electrons. The fraction of sp³-hybridized carbons (Fsp3) is 0.471. The summed E-state index contributed by atoms with van der Waals surface area (Å²) < 4.78 is 0. The first-order chi connectivity index (χ1) is 9.38. The monoisotopic (exact) mass is 272 g/mol. The second kappa shape index (κ2) is 7.12. The predicted octanol–water partition coefficient (Wildman–Crippen LogP) is 2.42. The second-order valence-electron chi connectivity index (χ2n) is 5.46. The molecule has 20 heavy (non-hydrogen) atoms. The third-order valence-electron chi connectivity index (χ3n) is 3.63. The lowest BCUT2D eigenvalue weighted by atomic mass is 10.0. The zero-order valence-electron chi connectivity index (χ0n) is 13.0. The Hall–Kier alpha value is -1.79. The minimum Gasteiger partial charge on any atom is -0.339 e. The van der Waals surface area contributed by atoms with Crippen LogP contribution in [0.1, 0.15) is 42.3 Å². The van der Waals surface area contributed by atoms with E-state index in [1.165, 1.54) is 0 Å². The number of nitrogens with two attached hydrogens (primary N) is 1. The highest BCUT2D eigenvalue weighted by Gasteiger charge is 2.21. The van der Waals surface area contributed by atoms with Crippen molar-refractivity contribution in [1.29, 1.82) is 0 Å². The van der Waals surface area contributed by atoms with E-state index in [4.69, 9.17) is 5.73 Å². The molecule has 2 N–H and O–H groups in total. The molecule has 0 bridgehead atoms. The van der Waals surface area contributed by atoms with Crippen LogP contribution in [0.3, 0.4) is 0 Å². The van der Waals surface area contributed by atoms with Crippen LogP contribution in [0, 0.1) is 24.7 Å². The molecule has 3 nitrogen and oxygen atoms in total. The van der Waals surface area contributed by atoms with Crippen molar-refractivity contribution in [3.63, 3.8) is 0 Å². The van der Waals surface area contributed by atoms with Crippen molar-refractivity contribution in [3.8, 4) is 11.8 Å². The van der Waals surface area contributed by atoms with Crippen molar-refractivity contribution in [2.75, 3.05) is 13.6 Å². The molecule has 0 spiro atoms. The van der Waals surface area contributed by atoms with Crippen molar-refractivity contribution >= 4 is 5.91 Å². The number of hydrogen-bond acceptors (Lipinski definition) is 2. The SMILES string of the molecule is Cc1ccc(C#CCN)c(C(=O)N(C)C(C)C(C)C)c1. The van der Waals surface area contributed by atoms with E-state index in [1.807, 2.05) is 32.2 Å². The fourth-order valence-corrected chi connectivity index (χ4v) is 1.91. The molecule has 0 aromatic heterocycles. The first-order valence-electron chi connectivity index (χ1n) is 6.95. The molecule has 0 saturated heterocycles. The minimum absolute atomic E-state index is 0.0104. The van der Waals surface area contributed by atoms with Crippen molar-refractivity contribution in [2.45, 2.75) is 33.7 Å². The van der Waals surface area contributed by atoms with Crippen molar-refractivity contribution < 1.29 is 4.79 Å². The molecular formula is C17H24N2O. The summed E-state index contributed by atoms with van der Waals surface area (Å²) in [7, 11) is 1.84. The van der Waals surface area contributed by atoms with E-state index in [0.29, 0.717) is 18.0 Å². The Bertz CT molecular complexity index is 538. The number of carbonyl (C=O) groups excluding carboxylic acids is 1. The Kier molecular flexibility index (Phi) is 5.79. The van der Waals surface area contributed by atoms with Crippen LogP contribution in [-0.2, 0) is 0 Å². The number of carbonyl (C=O) groups is 1. The Morgan fingerprint density at radius 2 is 2.00 bits per heavy atom. The third-order valence-corrected chi connectivity index (χ3v) is 3.63. The lowest BCUT2D eigenvalue weighted by Gasteiger charge is -2.28. The van der Waals surface area contributed by atoms with Gasteiger partial charge in [-0.2, -0.15) is 0 Å². The normalized spacial score (nSPS) is 11.8. The minimum atomic E-state index is 0.0104. The first-order valence-corrected chi connectivity index (χ1v) is 6.95. The van der Waals surface area contributed by atoms with Gasteiger partial charge in [0.15, 0.2) is 0 Å². The van der Waals surface area contributed by atoms with Crippen LogP contribution in [0.4, 0.5) is 0 Å². The van der Waals surface area contributed by atoms with E-state index in [1.54, 1.807) is 4.90 Å². The highest BCUT2D eigenvalue weighted by atomic mass is 16.2. The van der Waals surface area contributed by atoms with Gasteiger partial charge < -0.3 is 10.6 Å². The molecule has 1 rings (SSSR count). The van der Waals surface area contributed by atoms with E-state index in [-0.39, 0.29) is 11.9 Å². The van der Waals surface area contributed by atoms with Gasteiger partial charge in [0.1, 0.15) is 0 Å². The Labute approximate surface area is 122 Å². The molecule has 0 radical (unpaired) electrons. The molecule has 1 aromatic carbocycles. The number of nitrogens with zero attached hydrogens (tertiary/aromatic N) is 1. The molecule has 0 aliphatic rings. The van der Waals surface area contributed by atoms with Crippen LogP contribution in [0.2, 0.25) is 0 Å². The van der Waals surface area contributed by atoms with Crippen LogP contribution < -0.4 is 5.73 Å². The van der Waals surface area contributed by atoms with Gasteiger partial charge in [0.05, 0.1) is 12.1 Å².